The minimum Gasteiger partial charge on any atom is -0.384 e. The van der Waals surface area contributed by atoms with Crippen LogP contribution >= 0.6 is 0 Å². The molecule has 4 atom stereocenters. The first-order valence-corrected chi connectivity index (χ1v) is 8.02. The second-order valence-electron chi connectivity index (χ2n) is 6.42. The topological polar surface area (TPSA) is 76.2 Å². The summed E-state index contributed by atoms with van der Waals surface area (Å²) in [7, 11) is 1.70. The Morgan fingerprint density at radius 1 is 1.50 bits per heavy atom. The number of aryl methyl sites for hydroxylation is 2. The van der Waals surface area contributed by atoms with Crippen molar-refractivity contribution in [2.75, 3.05) is 20.3 Å². The molecule has 2 N–H and O–H groups in total. The molecule has 0 unspecified atom stereocenters. The maximum absolute atomic E-state index is 12.2. The van der Waals surface area contributed by atoms with Crippen LogP contribution in [0.4, 0.5) is 0 Å². The average molecular weight is 307 g/mol. The molecule has 22 heavy (non-hydrogen) atoms. The number of aromatic nitrogens is 2. The van der Waals surface area contributed by atoms with Crippen molar-refractivity contribution in [1.29, 1.82) is 0 Å². The summed E-state index contributed by atoms with van der Waals surface area (Å²) in [5, 5.41) is 10.4. The van der Waals surface area contributed by atoms with Crippen LogP contribution in [0, 0.1) is 25.7 Å². The van der Waals surface area contributed by atoms with E-state index >= 15 is 0 Å². The Morgan fingerprint density at radius 2 is 2.32 bits per heavy atom. The quantitative estimate of drug-likeness (QED) is 0.826. The SMILES string of the molecule is COC[C@H]1[C@@H](NC(=O)CCc2n[nH]c(C)c2C)[C@H]2CCO[C@H]21. The van der Waals surface area contributed by atoms with E-state index in [4.69, 9.17) is 9.47 Å². The highest BCUT2D eigenvalue weighted by Crippen LogP contribution is 2.43. The van der Waals surface area contributed by atoms with Crippen molar-refractivity contribution >= 4 is 5.91 Å². The Kier molecular flexibility index (Phi) is 4.49. The van der Waals surface area contributed by atoms with Crippen molar-refractivity contribution in [3.63, 3.8) is 0 Å². The second kappa shape index (κ2) is 6.38. The predicted octanol–water partition coefficient (Wildman–Crippen LogP) is 1.13. The monoisotopic (exact) mass is 307 g/mol. The molecule has 0 spiro atoms. The number of amides is 1. The zero-order valence-corrected chi connectivity index (χ0v) is 13.5. The van der Waals surface area contributed by atoms with Crippen molar-refractivity contribution in [3.8, 4) is 0 Å². The Labute approximate surface area is 130 Å². The Balaban J connectivity index is 1.52. The summed E-state index contributed by atoms with van der Waals surface area (Å²) in [5.41, 5.74) is 3.20. The number of nitrogens with one attached hydrogen (secondary N) is 2. The normalized spacial score (nSPS) is 30.0. The molecular weight excluding hydrogens is 282 g/mol. The first kappa shape index (κ1) is 15.5. The van der Waals surface area contributed by atoms with Crippen LogP contribution in [0.25, 0.3) is 0 Å². The van der Waals surface area contributed by atoms with Crippen molar-refractivity contribution < 1.29 is 14.3 Å². The third-order valence-electron chi connectivity index (χ3n) is 5.16. The van der Waals surface area contributed by atoms with Gasteiger partial charge in [0.15, 0.2) is 0 Å². The van der Waals surface area contributed by atoms with Gasteiger partial charge in [-0.3, -0.25) is 9.89 Å². The first-order chi connectivity index (χ1) is 10.6. The van der Waals surface area contributed by atoms with Gasteiger partial charge in [-0.05, 0) is 25.8 Å². The molecule has 6 nitrogen and oxygen atoms in total. The molecule has 0 aromatic carbocycles. The lowest BCUT2D eigenvalue weighted by atomic mass is 9.67. The number of H-pyrrole nitrogens is 1. The van der Waals surface area contributed by atoms with Crippen LogP contribution in [0.15, 0.2) is 0 Å². The van der Waals surface area contributed by atoms with Crippen molar-refractivity contribution in [3.05, 3.63) is 17.0 Å². The lowest BCUT2D eigenvalue weighted by molar-refractivity contribution is -0.129. The Morgan fingerprint density at radius 3 is 3.00 bits per heavy atom. The van der Waals surface area contributed by atoms with Gasteiger partial charge in [0.1, 0.15) is 0 Å². The zero-order chi connectivity index (χ0) is 15.7. The fourth-order valence-electron chi connectivity index (χ4n) is 3.70. The molecule has 1 saturated carbocycles. The molecule has 0 bridgehead atoms. The van der Waals surface area contributed by atoms with Gasteiger partial charge in [0.05, 0.1) is 18.4 Å². The lowest BCUT2D eigenvalue weighted by Crippen LogP contribution is -2.62. The van der Waals surface area contributed by atoms with Gasteiger partial charge in [-0.2, -0.15) is 5.10 Å². The number of nitrogens with zero attached hydrogens (tertiary/aromatic N) is 1. The number of hydrogen-bond acceptors (Lipinski definition) is 4. The number of aromatic amines is 1. The summed E-state index contributed by atoms with van der Waals surface area (Å²) in [6, 6.07) is 0.196. The van der Waals surface area contributed by atoms with Crippen LogP contribution in [0.5, 0.6) is 0 Å². The van der Waals surface area contributed by atoms with E-state index in [0.29, 0.717) is 25.4 Å². The fraction of sp³-hybridized carbons (Fsp3) is 0.750. The van der Waals surface area contributed by atoms with Gasteiger partial charge in [-0.25, -0.2) is 0 Å². The first-order valence-electron chi connectivity index (χ1n) is 8.02. The minimum atomic E-state index is 0.0940. The lowest BCUT2D eigenvalue weighted by Gasteiger charge is -2.47. The number of rotatable bonds is 6. The second-order valence-corrected chi connectivity index (χ2v) is 6.42. The van der Waals surface area contributed by atoms with Gasteiger partial charge >= 0.3 is 0 Å². The highest BCUT2D eigenvalue weighted by Gasteiger charge is 2.54. The van der Waals surface area contributed by atoms with E-state index < -0.39 is 0 Å². The zero-order valence-electron chi connectivity index (χ0n) is 13.5. The number of carbonyl (C=O) groups excluding carboxylic acids is 1. The Hall–Kier alpha value is -1.40. The van der Waals surface area contributed by atoms with E-state index in [1.807, 2.05) is 13.8 Å². The van der Waals surface area contributed by atoms with E-state index in [1.54, 1.807) is 7.11 Å². The predicted molar refractivity (Wildman–Crippen MR) is 81.5 cm³/mol. The molecular formula is C16H25N3O3. The fourth-order valence-corrected chi connectivity index (χ4v) is 3.70. The van der Waals surface area contributed by atoms with Gasteiger partial charge in [0.25, 0.3) is 0 Å². The molecule has 2 heterocycles. The van der Waals surface area contributed by atoms with Gasteiger partial charge in [0, 0.05) is 50.1 Å². The van der Waals surface area contributed by atoms with E-state index in [0.717, 1.165) is 30.0 Å². The number of carbonyl (C=O) groups is 1. The summed E-state index contributed by atoms with van der Waals surface area (Å²) in [5.74, 6) is 0.839. The molecule has 1 saturated heterocycles. The van der Waals surface area contributed by atoms with E-state index in [2.05, 4.69) is 15.5 Å². The maximum Gasteiger partial charge on any atom is 0.220 e. The van der Waals surface area contributed by atoms with Gasteiger partial charge in [-0.1, -0.05) is 0 Å². The summed E-state index contributed by atoms with van der Waals surface area (Å²) in [6.07, 6.45) is 2.45. The van der Waals surface area contributed by atoms with E-state index in [-0.39, 0.29) is 24.0 Å². The van der Waals surface area contributed by atoms with Gasteiger partial charge < -0.3 is 14.8 Å². The number of ether oxygens (including phenoxy) is 2. The summed E-state index contributed by atoms with van der Waals surface area (Å²) in [6.45, 7) is 5.47. The molecule has 1 aliphatic heterocycles. The number of methoxy groups -OCH3 is 1. The largest absolute Gasteiger partial charge is 0.384 e. The summed E-state index contributed by atoms with van der Waals surface area (Å²) >= 11 is 0. The van der Waals surface area contributed by atoms with Crippen LogP contribution < -0.4 is 5.32 Å². The van der Waals surface area contributed by atoms with Crippen molar-refractivity contribution in [2.45, 2.75) is 45.3 Å². The molecule has 122 valence electrons. The van der Waals surface area contributed by atoms with E-state index in [9.17, 15) is 4.79 Å². The number of hydrogen-bond donors (Lipinski definition) is 2. The molecule has 3 rings (SSSR count). The highest BCUT2D eigenvalue weighted by molar-refractivity contribution is 5.76. The van der Waals surface area contributed by atoms with Crippen LogP contribution in [0.2, 0.25) is 0 Å². The van der Waals surface area contributed by atoms with Gasteiger partial charge in [-0.15, -0.1) is 0 Å². The molecule has 1 aliphatic carbocycles. The molecule has 1 aromatic rings. The molecule has 2 aliphatic rings. The number of fused-ring (bicyclic) bond motifs is 1. The highest BCUT2D eigenvalue weighted by atomic mass is 16.5. The molecule has 0 radical (unpaired) electrons. The Bertz CT molecular complexity index is 543. The van der Waals surface area contributed by atoms with Crippen LogP contribution in [-0.2, 0) is 20.7 Å². The van der Waals surface area contributed by atoms with Crippen molar-refractivity contribution in [1.82, 2.24) is 15.5 Å². The standard InChI is InChI=1S/C16H25N3O3/c1-9-10(2)18-19-13(9)4-5-14(20)17-15-11-6-7-22-16(11)12(15)8-21-3/h11-12,15-16H,4-8H2,1-3H3,(H,17,20)(H,18,19)/t11-,12+,15+,16-/m1/s1. The average Bonchev–Trinajstić information content (AvgIpc) is 3.06. The minimum absolute atomic E-state index is 0.0940. The third-order valence-corrected chi connectivity index (χ3v) is 5.16. The molecule has 2 fully saturated rings. The van der Waals surface area contributed by atoms with Crippen molar-refractivity contribution in [2.24, 2.45) is 11.8 Å². The smallest absolute Gasteiger partial charge is 0.220 e. The maximum atomic E-state index is 12.2. The van der Waals surface area contributed by atoms with E-state index in [1.165, 1.54) is 0 Å². The third kappa shape index (κ3) is 2.77. The van der Waals surface area contributed by atoms with Crippen LogP contribution in [0.3, 0.4) is 0 Å². The molecule has 1 amide bonds. The van der Waals surface area contributed by atoms with Crippen LogP contribution in [0.1, 0.15) is 29.8 Å². The summed E-state index contributed by atoms with van der Waals surface area (Å²) < 4.78 is 11.0. The van der Waals surface area contributed by atoms with Gasteiger partial charge in [0.2, 0.25) is 5.91 Å². The molecule has 1 aromatic heterocycles. The molecule has 6 heteroatoms. The summed E-state index contributed by atoms with van der Waals surface area (Å²) in [4.78, 5) is 12.2. The van der Waals surface area contributed by atoms with Crippen LogP contribution in [-0.4, -0.2) is 48.6 Å².